The number of nitrogens with zero attached hydrogens (tertiary/aromatic N) is 3. The lowest BCUT2D eigenvalue weighted by molar-refractivity contribution is 0.0696. The predicted molar refractivity (Wildman–Crippen MR) is 110 cm³/mol. The summed E-state index contributed by atoms with van der Waals surface area (Å²) in [6.07, 6.45) is 1.50. The lowest BCUT2D eigenvalue weighted by Gasteiger charge is -2.40. The summed E-state index contributed by atoms with van der Waals surface area (Å²) < 4.78 is 26.9. The summed E-state index contributed by atoms with van der Waals surface area (Å²) in [5.74, 6) is -0.948. The fraction of sp³-hybridized carbons (Fsp3) is 0.217. The Balaban J connectivity index is 1.56. The maximum Gasteiger partial charge on any atom is 0.335 e. The molecule has 0 aliphatic carbocycles. The van der Waals surface area contributed by atoms with Gasteiger partial charge >= 0.3 is 5.97 Å². The van der Waals surface area contributed by atoms with Gasteiger partial charge in [0.1, 0.15) is 17.5 Å². The summed E-state index contributed by atoms with van der Waals surface area (Å²) in [7, 11) is 0. The number of hydrogen-bond acceptors (Lipinski definition) is 4. The molecule has 1 aromatic heterocycles. The number of hydrogen-bond donors (Lipinski definition) is 1. The standard InChI is InChI=1S/C23H21F2N3O2/c24-19-5-1-16(2-6-19)22(17-3-7-20(25)8-4-17)28-13-11-27(12-14-28)21-15-18(23(29)30)9-10-26-21/h1-10,15,22H,11-14H2,(H,29,30). The molecule has 0 saturated carbocycles. The Morgan fingerprint density at radius 1 is 0.867 bits per heavy atom. The van der Waals surface area contributed by atoms with Crippen LogP contribution in [0.1, 0.15) is 27.5 Å². The van der Waals surface area contributed by atoms with E-state index in [4.69, 9.17) is 0 Å². The van der Waals surface area contributed by atoms with E-state index in [9.17, 15) is 18.7 Å². The van der Waals surface area contributed by atoms with Crippen molar-refractivity contribution in [2.75, 3.05) is 31.1 Å². The zero-order valence-electron chi connectivity index (χ0n) is 16.2. The summed E-state index contributed by atoms with van der Waals surface area (Å²) >= 11 is 0. The maximum atomic E-state index is 13.5. The summed E-state index contributed by atoms with van der Waals surface area (Å²) in [5.41, 5.74) is 2.07. The zero-order chi connectivity index (χ0) is 21.1. The first-order valence-corrected chi connectivity index (χ1v) is 9.70. The molecule has 0 spiro atoms. The van der Waals surface area contributed by atoms with Crippen molar-refractivity contribution in [2.24, 2.45) is 0 Å². The molecule has 0 radical (unpaired) electrons. The number of carboxylic acids is 1. The molecular formula is C23H21F2N3O2. The van der Waals surface area contributed by atoms with Crippen molar-refractivity contribution in [1.82, 2.24) is 9.88 Å². The molecular weight excluding hydrogens is 388 g/mol. The number of halogens is 2. The van der Waals surface area contributed by atoms with E-state index in [-0.39, 0.29) is 23.2 Å². The minimum atomic E-state index is -0.982. The minimum absolute atomic E-state index is 0.133. The first kappa shape index (κ1) is 20.0. The number of rotatable bonds is 5. The molecule has 7 heteroatoms. The molecule has 5 nitrogen and oxygen atoms in total. The van der Waals surface area contributed by atoms with Crippen LogP contribution >= 0.6 is 0 Å². The molecule has 30 heavy (non-hydrogen) atoms. The van der Waals surface area contributed by atoms with Crippen LogP contribution in [-0.4, -0.2) is 47.1 Å². The Labute approximate surface area is 173 Å². The second-order valence-electron chi connectivity index (χ2n) is 7.24. The fourth-order valence-electron chi connectivity index (χ4n) is 3.84. The van der Waals surface area contributed by atoms with E-state index >= 15 is 0 Å². The average molecular weight is 409 g/mol. The molecule has 1 aliphatic rings. The monoisotopic (exact) mass is 409 g/mol. The van der Waals surface area contributed by atoms with Gasteiger partial charge in [-0.2, -0.15) is 0 Å². The molecule has 2 heterocycles. The van der Waals surface area contributed by atoms with Crippen LogP contribution in [0.4, 0.5) is 14.6 Å². The molecule has 0 unspecified atom stereocenters. The summed E-state index contributed by atoms with van der Waals surface area (Å²) in [6.45, 7) is 2.71. The molecule has 1 fully saturated rings. The molecule has 3 aromatic rings. The van der Waals surface area contributed by atoms with Crippen LogP contribution in [0.15, 0.2) is 66.9 Å². The largest absolute Gasteiger partial charge is 0.478 e. The second-order valence-corrected chi connectivity index (χ2v) is 7.24. The number of piperazine rings is 1. The molecule has 154 valence electrons. The Kier molecular flexibility index (Phi) is 5.72. The van der Waals surface area contributed by atoms with Gasteiger partial charge in [0.25, 0.3) is 0 Å². The fourth-order valence-corrected chi connectivity index (χ4v) is 3.84. The van der Waals surface area contributed by atoms with Gasteiger partial charge in [-0.25, -0.2) is 18.6 Å². The molecule has 2 aromatic carbocycles. The van der Waals surface area contributed by atoms with Crippen molar-refractivity contribution in [3.63, 3.8) is 0 Å². The SMILES string of the molecule is O=C(O)c1ccnc(N2CCN(C(c3ccc(F)cc3)c3ccc(F)cc3)CC2)c1. The summed E-state index contributed by atoms with van der Waals surface area (Å²) in [6, 6.07) is 15.7. The van der Waals surface area contributed by atoms with Gasteiger partial charge in [0.05, 0.1) is 11.6 Å². The Hall–Kier alpha value is -3.32. The van der Waals surface area contributed by atoms with Crippen molar-refractivity contribution in [2.45, 2.75) is 6.04 Å². The van der Waals surface area contributed by atoms with E-state index in [2.05, 4.69) is 14.8 Å². The van der Waals surface area contributed by atoms with E-state index < -0.39 is 5.97 Å². The number of aromatic nitrogens is 1. The summed E-state index contributed by atoms with van der Waals surface area (Å²) in [5, 5.41) is 9.21. The van der Waals surface area contributed by atoms with Crippen LogP contribution in [0, 0.1) is 11.6 Å². The number of aromatic carboxylic acids is 1. The Bertz CT molecular complexity index is 972. The predicted octanol–water partition coefficient (Wildman–Crippen LogP) is 3.97. The van der Waals surface area contributed by atoms with Gasteiger partial charge in [0.15, 0.2) is 0 Å². The average Bonchev–Trinajstić information content (AvgIpc) is 2.77. The lowest BCUT2D eigenvalue weighted by atomic mass is 9.96. The van der Waals surface area contributed by atoms with Crippen LogP contribution < -0.4 is 4.90 Å². The normalized spacial score (nSPS) is 14.8. The molecule has 0 atom stereocenters. The second kappa shape index (κ2) is 8.59. The third kappa shape index (κ3) is 4.31. The highest BCUT2D eigenvalue weighted by atomic mass is 19.1. The highest BCUT2D eigenvalue weighted by Crippen LogP contribution is 2.30. The topological polar surface area (TPSA) is 56.7 Å². The van der Waals surface area contributed by atoms with Crippen LogP contribution in [-0.2, 0) is 0 Å². The van der Waals surface area contributed by atoms with Gasteiger partial charge in [0, 0.05) is 32.4 Å². The molecule has 1 saturated heterocycles. The van der Waals surface area contributed by atoms with Crippen LogP contribution in [0.25, 0.3) is 0 Å². The van der Waals surface area contributed by atoms with Crippen molar-refractivity contribution in [1.29, 1.82) is 0 Å². The number of pyridine rings is 1. The first-order valence-electron chi connectivity index (χ1n) is 9.70. The van der Waals surface area contributed by atoms with Gasteiger partial charge in [0.2, 0.25) is 0 Å². The van der Waals surface area contributed by atoms with Crippen molar-refractivity contribution >= 4 is 11.8 Å². The zero-order valence-corrected chi connectivity index (χ0v) is 16.2. The number of anilines is 1. The maximum absolute atomic E-state index is 13.5. The van der Waals surface area contributed by atoms with Crippen molar-refractivity contribution in [3.05, 3.63) is 95.2 Å². The van der Waals surface area contributed by atoms with Gasteiger partial charge in [-0.05, 0) is 47.5 Å². The number of carboxylic acid groups (broad SMARTS) is 1. The third-order valence-corrected chi connectivity index (χ3v) is 5.37. The smallest absolute Gasteiger partial charge is 0.335 e. The van der Waals surface area contributed by atoms with Crippen LogP contribution in [0.2, 0.25) is 0 Å². The van der Waals surface area contributed by atoms with E-state index in [1.807, 2.05) is 0 Å². The molecule has 0 amide bonds. The molecule has 1 aliphatic heterocycles. The van der Waals surface area contributed by atoms with Crippen LogP contribution in [0.5, 0.6) is 0 Å². The third-order valence-electron chi connectivity index (χ3n) is 5.37. The van der Waals surface area contributed by atoms with Crippen LogP contribution in [0.3, 0.4) is 0 Å². The molecule has 4 rings (SSSR count). The molecule has 0 bridgehead atoms. The van der Waals surface area contributed by atoms with E-state index in [1.54, 1.807) is 30.3 Å². The number of carbonyl (C=O) groups is 1. The van der Waals surface area contributed by atoms with Crippen molar-refractivity contribution in [3.8, 4) is 0 Å². The van der Waals surface area contributed by atoms with E-state index in [1.165, 1.54) is 36.5 Å². The van der Waals surface area contributed by atoms with E-state index in [0.717, 1.165) is 11.1 Å². The van der Waals surface area contributed by atoms with Crippen molar-refractivity contribution < 1.29 is 18.7 Å². The highest BCUT2D eigenvalue weighted by molar-refractivity contribution is 5.88. The van der Waals surface area contributed by atoms with Gasteiger partial charge in [-0.1, -0.05) is 24.3 Å². The quantitative estimate of drug-likeness (QED) is 0.691. The lowest BCUT2D eigenvalue weighted by Crippen LogP contribution is -2.48. The Morgan fingerprint density at radius 2 is 1.40 bits per heavy atom. The minimum Gasteiger partial charge on any atom is -0.478 e. The van der Waals surface area contributed by atoms with E-state index in [0.29, 0.717) is 32.0 Å². The highest BCUT2D eigenvalue weighted by Gasteiger charge is 2.27. The Morgan fingerprint density at radius 3 is 1.90 bits per heavy atom. The first-order chi connectivity index (χ1) is 14.5. The van der Waals surface area contributed by atoms with Gasteiger partial charge < -0.3 is 10.0 Å². The van der Waals surface area contributed by atoms with Gasteiger partial charge in [-0.3, -0.25) is 4.90 Å². The van der Waals surface area contributed by atoms with Gasteiger partial charge in [-0.15, -0.1) is 0 Å². The molecule has 1 N–H and O–H groups in total. The number of benzene rings is 2. The summed E-state index contributed by atoms with van der Waals surface area (Å²) in [4.78, 5) is 19.9.